The number of nitrogens with one attached hydrogen (secondary N) is 1. The van der Waals surface area contributed by atoms with Crippen molar-refractivity contribution in [2.24, 2.45) is 0 Å². The van der Waals surface area contributed by atoms with E-state index in [1.807, 2.05) is 6.92 Å². The molecule has 5 heteroatoms. The first kappa shape index (κ1) is 13.9. The monoisotopic (exact) mass is 281 g/mol. The molecule has 0 saturated heterocycles. The SMILES string of the molecule is CC[C@H](CO)NC(=O)C1=Cc2cc(Cl)ccc2OC1. The molecule has 19 heavy (non-hydrogen) atoms. The third-order valence-corrected chi connectivity index (χ3v) is 3.26. The molecule has 4 nitrogen and oxygen atoms in total. The van der Waals surface area contributed by atoms with Gasteiger partial charge < -0.3 is 15.2 Å². The van der Waals surface area contributed by atoms with Gasteiger partial charge in [0, 0.05) is 10.6 Å². The molecule has 1 aliphatic heterocycles. The van der Waals surface area contributed by atoms with Crippen molar-refractivity contribution in [2.45, 2.75) is 19.4 Å². The van der Waals surface area contributed by atoms with Crippen molar-refractivity contribution in [3.05, 3.63) is 34.4 Å². The van der Waals surface area contributed by atoms with Crippen LogP contribution in [0.5, 0.6) is 5.75 Å². The summed E-state index contributed by atoms with van der Waals surface area (Å²) in [5.74, 6) is 0.502. The first-order chi connectivity index (χ1) is 9.13. The Balaban J connectivity index is 2.16. The average molecular weight is 282 g/mol. The van der Waals surface area contributed by atoms with Crippen molar-refractivity contribution in [3.63, 3.8) is 0 Å². The Morgan fingerprint density at radius 3 is 3.05 bits per heavy atom. The summed E-state index contributed by atoms with van der Waals surface area (Å²) in [6.07, 6.45) is 2.45. The minimum atomic E-state index is -0.228. The number of fused-ring (bicyclic) bond motifs is 1. The number of hydrogen-bond acceptors (Lipinski definition) is 3. The zero-order chi connectivity index (χ0) is 13.8. The molecule has 0 unspecified atom stereocenters. The number of amides is 1. The van der Waals surface area contributed by atoms with Crippen LogP contribution >= 0.6 is 11.6 Å². The molecule has 1 amide bonds. The van der Waals surface area contributed by atoms with Crippen LogP contribution in [0.25, 0.3) is 6.08 Å². The molecular formula is C14H16ClNO3. The summed E-state index contributed by atoms with van der Waals surface area (Å²) >= 11 is 5.91. The Morgan fingerprint density at radius 1 is 1.58 bits per heavy atom. The molecule has 0 spiro atoms. The van der Waals surface area contributed by atoms with E-state index in [1.54, 1.807) is 24.3 Å². The standard InChI is InChI=1S/C14H16ClNO3/c1-2-12(7-17)16-14(18)10-5-9-6-11(15)3-4-13(9)19-8-10/h3-6,12,17H,2,7-8H2,1H3,(H,16,18)/t12-/m1/s1. The fourth-order valence-corrected chi connectivity index (χ4v) is 2.01. The Labute approximate surface area is 117 Å². The highest BCUT2D eigenvalue weighted by atomic mass is 35.5. The molecule has 0 fully saturated rings. The van der Waals surface area contributed by atoms with Crippen molar-refractivity contribution in [2.75, 3.05) is 13.2 Å². The van der Waals surface area contributed by atoms with Gasteiger partial charge in [-0.05, 0) is 30.7 Å². The largest absolute Gasteiger partial charge is 0.488 e. The molecule has 1 aliphatic rings. The van der Waals surface area contributed by atoms with Crippen LogP contribution in [0.15, 0.2) is 23.8 Å². The van der Waals surface area contributed by atoms with Crippen molar-refractivity contribution in [1.82, 2.24) is 5.32 Å². The van der Waals surface area contributed by atoms with Crippen LogP contribution in [0, 0.1) is 0 Å². The van der Waals surface area contributed by atoms with Crippen LogP contribution in [-0.2, 0) is 4.79 Å². The van der Waals surface area contributed by atoms with E-state index in [-0.39, 0.29) is 25.2 Å². The third kappa shape index (κ3) is 3.28. The Kier molecular flexibility index (Phi) is 4.45. The van der Waals surface area contributed by atoms with Crippen LogP contribution in [0.1, 0.15) is 18.9 Å². The molecule has 0 saturated carbocycles. The number of benzene rings is 1. The van der Waals surface area contributed by atoms with E-state index in [1.165, 1.54) is 0 Å². The lowest BCUT2D eigenvalue weighted by Crippen LogP contribution is -2.39. The first-order valence-corrected chi connectivity index (χ1v) is 6.56. The van der Waals surface area contributed by atoms with E-state index < -0.39 is 0 Å². The number of halogens is 1. The Hall–Kier alpha value is -1.52. The van der Waals surface area contributed by atoms with Crippen molar-refractivity contribution in [3.8, 4) is 5.75 Å². The van der Waals surface area contributed by atoms with Gasteiger partial charge in [-0.15, -0.1) is 0 Å². The number of carbonyl (C=O) groups is 1. The molecule has 0 bridgehead atoms. The molecule has 1 aromatic carbocycles. The van der Waals surface area contributed by atoms with Gasteiger partial charge in [-0.3, -0.25) is 4.79 Å². The van der Waals surface area contributed by atoms with E-state index in [0.717, 1.165) is 11.3 Å². The number of ether oxygens (including phenoxy) is 1. The lowest BCUT2D eigenvalue weighted by atomic mass is 10.1. The zero-order valence-electron chi connectivity index (χ0n) is 10.6. The van der Waals surface area contributed by atoms with Gasteiger partial charge >= 0.3 is 0 Å². The summed E-state index contributed by atoms with van der Waals surface area (Å²) in [6.45, 7) is 2.06. The minimum Gasteiger partial charge on any atom is -0.488 e. The van der Waals surface area contributed by atoms with Crippen LogP contribution < -0.4 is 10.1 Å². The third-order valence-electron chi connectivity index (χ3n) is 3.02. The van der Waals surface area contributed by atoms with Gasteiger partial charge in [0.2, 0.25) is 0 Å². The second-order valence-corrected chi connectivity index (χ2v) is 4.84. The number of aliphatic hydroxyl groups excluding tert-OH is 1. The summed E-state index contributed by atoms with van der Waals surface area (Å²) in [5.41, 5.74) is 1.32. The predicted octanol–water partition coefficient (Wildman–Crippen LogP) is 2.00. The van der Waals surface area contributed by atoms with Crippen molar-refractivity contribution < 1.29 is 14.6 Å². The molecule has 102 valence electrons. The highest BCUT2D eigenvalue weighted by molar-refractivity contribution is 6.30. The number of carbonyl (C=O) groups excluding carboxylic acids is 1. The maximum atomic E-state index is 12.0. The fraction of sp³-hybridized carbons (Fsp3) is 0.357. The molecule has 0 radical (unpaired) electrons. The summed E-state index contributed by atoms with van der Waals surface area (Å²) in [5, 5.41) is 12.4. The smallest absolute Gasteiger partial charge is 0.250 e. The number of aliphatic hydroxyl groups is 1. The molecule has 2 rings (SSSR count). The van der Waals surface area contributed by atoms with Gasteiger partial charge in [-0.2, -0.15) is 0 Å². The number of hydrogen-bond donors (Lipinski definition) is 2. The average Bonchev–Trinajstić information content (AvgIpc) is 2.43. The highest BCUT2D eigenvalue weighted by Gasteiger charge is 2.19. The van der Waals surface area contributed by atoms with E-state index in [0.29, 0.717) is 17.0 Å². The normalized spacial score (nSPS) is 15.0. The van der Waals surface area contributed by atoms with Crippen molar-refractivity contribution in [1.29, 1.82) is 0 Å². The number of rotatable bonds is 4. The Morgan fingerprint density at radius 2 is 2.37 bits per heavy atom. The lowest BCUT2D eigenvalue weighted by Gasteiger charge is -2.20. The van der Waals surface area contributed by atoms with E-state index in [2.05, 4.69) is 5.32 Å². The maximum absolute atomic E-state index is 12.0. The maximum Gasteiger partial charge on any atom is 0.250 e. The minimum absolute atomic E-state index is 0.0706. The van der Waals surface area contributed by atoms with Gasteiger partial charge in [0.15, 0.2) is 0 Å². The topological polar surface area (TPSA) is 58.6 Å². The zero-order valence-corrected chi connectivity index (χ0v) is 11.4. The van der Waals surface area contributed by atoms with E-state index >= 15 is 0 Å². The lowest BCUT2D eigenvalue weighted by molar-refractivity contribution is -0.118. The van der Waals surface area contributed by atoms with Crippen LogP contribution in [0.4, 0.5) is 0 Å². The fourth-order valence-electron chi connectivity index (χ4n) is 1.83. The van der Waals surface area contributed by atoms with Crippen LogP contribution in [0.3, 0.4) is 0 Å². The molecule has 1 atom stereocenters. The van der Waals surface area contributed by atoms with Crippen molar-refractivity contribution >= 4 is 23.6 Å². The summed E-state index contributed by atoms with van der Waals surface area (Å²) in [7, 11) is 0. The quantitative estimate of drug-likeness (QED) is 0.887. The predicted molar refractivity (Wildman–Crippen MR) is 74.2 cm³/mol. The summed E-state index contributed by atoms with van der Waals surface area (Å²) in [4.78, 5) is 12.0. The van der Waals surface area contributed by atoms with Gasteiger partial charge in [0.05, 0.1) is 18.2 Å². The summed E-state index contributed by atoms with van der Waals surface area (Å²) < 4.78 is 5.51. The molecule has 0 aromatic heterocycles. The second kappa shape index (κ2) is 6.08. The molecule has 2 N–H and O–H groups in total. The van der Waals surface area contributed by atoms with Gasteiger partial charge in [0.25, 0.3) is 5.91 Å². The molecule has 1 aromatic rings. The van der Waals surface area contributed by atoms with Crippen LogP contribution in [0.2, 0.25) is 5.02 Å². The summed E-state index contributed by atoms with van der Waals surface area (Å²) in [6, 6.07) is 5.06. The first-order valence-electron chi connectivity index (χ1n) is 6.18. The second-order valence-electron chi connectivity index (χ2n) is 4.40. The van der Waals surface area contributed by atoms with Gasteiger partial charge in [-0.1, -0.05) is 18.5 Å². The Bertz CT molecular complexity index is 509. The van der Waals surface area contributed by atoms with E-state index in [9.17, 15) is 4.79 Å². The van der Waals surface area contributed by atoms with Crippen LogP contribution in [-0.4, -0.2) is 30.3 Å². The van der Waals surface area contributed by atoms with Gasteiger partial charge in [0.1, 0.15) is 12.4 Å². The molecule has 0 aliphatic carbocycles. The molecular weight excluding hydrogens is 266 g/mol. The highest BCUT2D eigenvalue weighted by Crippen LogP contribution is 2.28. The van der Waals surface area contributed by atoms with Gasteiger partial charge in [-0.25, -0.2) is 0 Å². The van der Waals surface area contributed by atoms with E-state index in [4.69, 9.17) is 21.4 Å². The molecule has 1 heterocycles.